The molecule has 0 aliphatic carbocycles. The van der Waals surface area contributed by atoms with Crippen molar-refractivity contribution in [2.24, 2.45) is 0 Å². The average Bonchev–Trinajstić information content (AvgIpc) is 3.09. The molecule has 1 amide bonds. The van der Waals surface area contributed by atoms with E-state index >= 15 is 0 Å². The Balaban J connectivity index is 1.70. The number of anilines is 1. The first-order chi connectivity index (χ1) is 11.0. The third kappa shape index (κ3) is 3.57. The van der Waals surface area contributed by atoms with Gasteiger partial charge in [-0.2, -0.15) is 5.10 Å². The van der Waals surface area contributed by atoms with Crippen LogP contribution in [0.2, 0.25) is 0 Å². The van der Waals surface area contributed by atoms with Gasteiger partial charge < -0.3 is 14.6 Å². The van der Waals surface area contributed by atoms with Crippen LogP contribution in [0.25, 0.3) is 5.65 Å². The Morgan fingerprint density at radius 1 is 1.30 bits per heavy atom. The van der Waals surface area contributed by atoms with Gasteiger partial charge in [0.25, 0.3) is 5.91 Å². The summed E-state index contributed by atoms with van der Waals surface area (Å²) < 4.78 is 3.71. The largest absolute Gasteiger partial charge is 0.308 e. The van der Waals surface area contributed by atoms with Crippen molar-refractivity contribution in [2.75, 3.05) is 26.0 Å². The number of hydrogen-bond donors (Lipinski definition) is 1. The minimum absolute atomic E-state index is 0.189. The molecule has 0 saturated heterocycles. The molecule has 7 nitrogen and oxygen atoms in total. The molecule has 23 heavy (non-hydrogen) atoms. The molecule has 7 heteroatoms. The van der Waals surface area contributed by atoms with Crippen molar-refractivity contribution < 1.29 is 4.79 Å². The zero-order valence-electron chi connectivity index (χ0n) is 13.5. The van der Waals surface area contributed by atoms with Crippen molar-refractivity contribution in [3.8, 4) is 0 Å². The zero-order chi connectivity index (χ0) is 16.4. The smallest absolute Gasteiger partial charge is 0.257 e. The van der Waals surface area contributed by atoms with Gasteiger partial charge in [-0.3, -0.25) is 9.48 Å². The lowest BCUT2D eigenvalue weighted by molar-refractivity contribution is 0.102. The number of rotatable bonds is 5. The SMILES string of the molecule is Cc1cn2ccc(C(=O)Nc3ccn(CCN(C)C)n3)cc2n1. The molecule has 0 fully saturated rings. The van der Waals surface area contributed by atoms with E-state index in [-0.39, 0.29) is 5.91 Å². The maximum Gasteiger partial charge on any atom is 0.257 e. The molecular weight excluding hydrogens is 292 g/mol. The number of aromatic nitrogens is 4. The van der Waals surface area contributed by atoms with Crippen LogP contribution < -0.4 is 5.32 Å². The predicted molar refractivity (Wildman–Crippen MR) is 88.7 cm³/mol. The maximum atomic E-state index is 12.3. The van der Waals surface area contributed by atoms with Gasteiger partial charge in [0.1, 0.15) is 5.65 Å². The lowest BCUT2D eigenvalue weighted by atomic mass is 10.2. The number of nitrogens with zero attached hydrogens (tertiary/aromatic N) is 5. The molecule has 0 atom stereocenters. The standard InChI is InChI=1S/C16H20N6O/c1-12-11-21-6-4-13(10-15(21)17-12)16(23)18-14-5-7-22(19-14)9-8-20(2)3/h4-7,10-11H,8-9H2,1-3H3,(H,18,19,23). The summed E-state index contributed by atoms with van der Waals surface area (Å²) in [4.78, 5) is 18.8. The number of carbonyl (C=O) groups excluding carboxylic acids is 1. The van der Waals surface area contributed by atoms with E-state index < -0.39 is 0 Å². The highest BCUT2D eigenvalue weighted by molar-refractivity contribution is 6.04. The molecule has 0 bridgehead atoms. The molecule has 0 radical (unpaired) electrons. The van der Waals surface area contributed by atoms with Gasteiger partial charge in [-0.25, -0.2) is 4.98 Å². The second-order valence-electron chi connectivity index (χ2n) is 5.78. The van der Waals surface area contributed by atoms with E-state index in [1.165, 1.54) is 0 Å². The fraction of sp³-hybridized carbons (Fsp3) is 0.312. The van der Waals surface area contributed by atoms with Gasteiger partial charge in [0.05, 0.1) is 12.2 Å². The van der Waals surface area contributed by atoms with E-state index in [2.05, 4.69) is 20.3 Å². The number of aryl methyl sites for hydroxylation is 1. The Morgan fingerprint density at radius 3 is 2.91 bits per heavy atom. The highest BCUT2D eigenvalue weighted by atomic mass is 16.1. The maximum absolute atomic E-state index is 12.3. The van der Waals surface area contributed by atoms with Gasteiger partial charge in [0.15, 0.2) is 5.82 Å². The van der Waals surface area contributed by atoms with Gasteiger partial charge in [0, 0.05) is 36.8 Å². The van der Waals surface area contributed by atoms with Crippen LogP contribution >= 0.6 is 0 Å². The molecule has 0 aliphatic rings. The van der Waals surface area contributed by atoms with Crippen LogP contribution in [0.15, 0.2) is 36.8 Å². The Morgan fingerprint density at radius 2 is 2.13 bits per heavy atom. The molecular formula is C16H20N6O. The van der Waals surface area contributed by atoms with Crippen LogP contribution in [-0.2, 0) is 6.54 Å². The quantitative estimate of drug-likeness (QED) is 0.778. The van der Waals surface area contributed by atoms with Crippen LogP contribution in [0.4, 0.5) is 5.82 Å². The average molecular weight is 312 g/mol. The molecule has 1 N–H and O–H groups in total. The van der Waals surface area contributed by atoms with Crippen LogP contribution in [0.1, 0.15) is 16.1 Å². The first-order valence-electron chi connectivity index (χ1n) is 7.46. The van der Waals surface area contributed by atoms with Gasteiger partial charge in [-0.15, -0.1) is 0 Å². The Labute approximate surface area is 134 Å². The number of imidazole rings is 1. The van der Waals surface area contributed by atoms with Crippen molar-refractivity contribution in [3.05, 3.63) is 48.0 Å². The normalized spacial score (nSPS) is 11.3. The minimum Gasteiger partial charge on any atom is -0.308 e. The summed E-state index contributed by atoms with van der Waals surface area (Å²) in [6.07, 6.45) is 5.61. The first kappa shape index (κ1) is 15.2. The summed E-state index contributed by atoms with van der Waals surface area (Å²) in [7, 11) is 4.03. The van der Waals surface area contributed by atoms with E-state index in [0.717, 1.165) is 24.4 Å². The van der Waals surface area contributed by atoms with Gasteiger partial charge in [0.2, 0.25) is 0 Å². The number of amides is 1. The summed E-state index contributed by atoms with van der Waals surface area (Å²) in [5.41, 5.74) is 2.24. The van der Waals surface area contributed by atoms with Crippen LogP contribution in [0.3, 0.4) is 0 Å². The Bertz CT molecular complexity index is 832. The molecule has 3 aromatic rings. The van der Waals surface area contributed by atoms with E-state index in [1.54, 1.807) is 18.2 Å². The van der Waals surface area contributed by atoms with Crippen molar-refractivity contribution in [2.45, 2.75) is 13.5 Å². The summed E-state index contributed by atoms with van der Waals surface area (Å²) in [5, 5.41) is 7.17. The topological polar surface area (TPSA) is 67.5 Å². The molecule has 3 aromatic heterocycles. The molecule has 3 rings (SSSR count). The van der Waals surface area contributed by atoms with Crippen molar-refractivity contribution >= 4 is 17.4 Å². The van der Waals surface area contributed by atoms with Gasteiger partial charge in [-0.05, 0) is 33.2 Å². The van der Waals surface area contributed by atoms with Gasteiger partial charge >= 0.3 is 0 Å². The highest BCUT2D eigenvalue weighted by Gasteiger charge is 2.10. The zero-order valence-corrected chi connectivity index (χ0v) is 13.5. The van der Waals surface area contributed by atoms with E-state index in [1.807, 2.05) is 48.7 Å². The number of hydrogen-bond acceptors (Lipinski definition) is 4. The molecule has 120 valence electrons. The monoisotopic (exact) mass is 312 g/mol. The predicted octanol–water partition coefficient (Wildman–Crippen LogP) is 1.65. The molecule has 0 spiro atoms. The number of nitrogens with one attached hydrogen (secondary N) is 1. The fourth-order valence-corrected chi connectivity index (χ4v) is 2.29. The number of pyridine rings is 1. The third-order valence-electron chi connectivity index (χ3n) is 3.50. The second kappa shape index (κ2) is 6.21. The Kier molecular flexibility index (Phi) is 4.12. The molecule has 0 aliphatic heterocycles. The summed E-state index contributed by atoms with van der Waals surface area (Å²) in [5.74, 6) is 0.360. The Hall–Kier alpha value is -2.67. The third-order valence-corrected chi connectivity index (χ3v) is 3.50. The lowest BCUT2D eigenvalue weighted by Gasteiger charge is -2.08. The van der Waals surface area contributed by atoms with Crippen molar-refractivity contribution in [3.63, 3.8) is 0 Å². The first-order valence-corrected chi connectivity index (χ1v) is 7.46. The van der Waals surface area contributed by atoms with Crippen LogP contribution in [0.5, 0.6) is 0 Å². The number of fused-ring (bicyclic) bond motifs is 1. The molecule has 0 aromatic carbocycles. The number of likely N-dealkylation sites (N-methyl/N-ethyl adjacent to an activating group) is 1. The van der Waals surface area contributed by atoms with Crippen molar-refractivity contribution in [1.29, 1.82) is 0 Å². The fourth-order valence-electron chi connectivity index (χ4n) is 2.29. The number of carbonyl (C=O) groups is 1. The molecule has 0 saturated carbocycles. The molecule has 3 heterocycles. The summed E-state index contributed by atoms with van der Waals surface area (Å²) in [6.45, 7) is 3.60. The van der Waals surface area contributed by atoms with E-state index in [9.17, 15) is 4.79 Å². The van der Waals surface area contributed by atoms with Crippen LogP contribution in [-0.4, -0.2) is 50.6 Å². The van der Waals surface area contributed by atoms with Crippen LogP contribution in [0, 0.1) is 6.92 Å². The molecule has 0 unspecified atom stereocenters. The van der Waals surface area contributed by atoms with E-state index in [4.69, 9.17) is 0 Å². The highest BCUT2D eigenvalue weighted by Crippen LogP contribution is 2.10. The lowest BCUT2D eigenvalue weighted by Crippen LogP contribution is -2.19. The minimum atomic E-state index is -0.189. The van der Waals surface area contributed by atoms with E-state index in [0.29, 0.717) is 11.4 Å². The summed E-state index contributed by atoms with van der Waals surface area (Å²) >= 11 is 0. The summed E-state index contributed by atoms with van der Waals surface area (Å²) in [6, 6.07) is 5.34. The van der Waals surface area contributed by atoms with Gasteiger partial charge in [-0.1, -0.05) is 0 Å². The van der Waals surface area contributed by atoms with Crippen molar-refractivity contribution in [1.82, 2.24) is 24.1 Å². The second-order valence-corrected chi connectivity index (χ2v) is 5.78.